The van der Waals surface area contributed by atoms with E-state index in [4.69, 9.17) is 5.73 Å². The Labute approximate surface area is 94.0 Å². The predicted molar refractivity (Wildman–Crippen MR) is 61.9 cm³/mol. The van der Waals surface area contributed by atoms with Crippen molar-refractivity contribution in [3.8, 4) is 0 Å². The second-order valence-electron chi connectivity index (χ2n) is 4.22. The van der Waals surface area contributed by atoms with Gasteiger partial charge in [-0.2, -0.15) is 0 Å². The first-order valence-corrected chi connectivity index (χ1v) is 5.23. The van der Waals surface area contributed by atoms with E-state index in [1.807, 2.05) is 13.0 Å². The van der Waals surface area contributed by atoms with Crippen LogP contribution in [0.15, 0.2) is 18.2 Å². The highest BCUT2D eigenvalue weighted by atomic mass is 16.2. The van der Waals surface area contributed by atoms with E-state index < -0.39 is 0 Å². The number of carbonyl (C=O) groups is 2. The summed E-state index contributed by atoms with van der Waals surface area (Å²) in [5, 5.41) is 0. The Morgan fingerprint density at radius 2 is 2.06 bits per heavy atom. The standard InChI is InChI=1S/C12H14N2O2/c1-7-3-4-9(13)6-10(7)14-11(15)5-8(2)12(14)16/h3-4,6,8H,5,13H2,1-2H3. The van der Waals surface area contributed by atoms with Crippen LogP contribution in [0.1, 0.15) is 18.9 Å². The van der Waals surface area contributed by atoms with Gasteiger partial charge in [0.05, 0.1) is 5.69 Å². The van der Waals surface area contributed by atoms with Crippen molar-refractivity contribution in [2.75, 3.05) is 10.6 Å². The van der Waals surface area contributed by atoms with Crippen molar-refractivity contribution in [2.24, 2.45) is 5.92 Å². The third kappa shape index (κ3) is 1.56. The molecule has 0 spiro atoms. The average Bonchev–Trinajstić information content (AvgIpc) is 2.46. The highest BCUT2D eigenvalue weighted by Gasteiger charge is 2.37. The highest BCUT2D eigenvalue weighted by molar-refractivity contribution is 6.21. The van der Waals surface area contributed by atoms with Gasteiger partial charge in [0, 0.05) is 18.0 Å². The number of anilines is 2. The van der Waals surface area contributed by atoms with E-state index in [2.05, 4.69) is 0 Å². The van der Waals surface area contributed by atoms with Gasteiger partial charge in [-0.1, -0.05) is 13.0 Å². The molecule has 1 aromatic carbocycles. The first-order valence-electron chi connectivity index (χ1n) is 5.23. The molecule has 1 saturated heterocycles. The van der Waals surface area contributed by atoms with Crippen LogP contribution in [-0.4, -0.2) is 11.8 Å². The van der Waals surface area contributed by atoms with E-state index in [1.54, 1.807) is 19.1 Å². The van der Waals surface area contributed by atoms with Crippen LogP contribution < -0.4 is 10.6 Å². The monoisotopic (exact) mass is 218 g/mol. The Bertz CT molecular complexity index is 468. The molecule has 1 heterocycles. The highest BCUT2D eigenvalue weighted by Crippen LogP contribution is 2.30. The van der Waals surface area contributed by atoms with E-state index in [0.29, 0.717) is 11.4 Å². The number of nitrogens with two attached hydrogens (primary N) is 1. The van der Waals surface area contributed by atoms with E-state index in [1.165, 1.54) is 4.90 Å². The second kappa shape index (κ2) is 3.63. The topological polar surface area (TPSA) is 63.4 Å². The molecule has 1 unspecified atom stereocenters. The fraction of sp³-hybridized carbons (Fsp3) is 0.333. The van der Waals surface area contributed by atoms with Gasteiger partial charge in [0.2, 0.25) is 11.8 Å². The zero-order valence-corrected chi connectivity index (χ0v) is 9.36. The van der Waals surface area contributed by atoms with Gasteiger partial charge in [0.1, 0.15) is 0 Å². The molecule has 0 bridgehead atoms. The summed E-state index contributed by atoms with van der Waals surface area (Å²) in [5.41, 5.74) is 7.72. The lowest BCUT2D eigenvalue weighted by atomic mass is 10.1. The fourth-order valence-corrected chi connectivity index (χ4v) is 1.90. The van der Waals surface area contributed by atoms with Crippen LogP contribution in [0.4, 0.5) is 11.4 Å². The van der Waals surface area contributed by atoms with Gasteiger partial charge in [0.15, 0.2) is 0 Å². The zero-order chi connectivity index (χ0) is 11.9. The third-order valence-corrected chi connectivity index (χ3v) is 2.85. The molecule has 0 aliphatic carbocycles. The number of imide groups is 1. The average molecular weight is 218 g/mol. The molecule has 1 atom stereocenters. The number of hydrogen-bond acceptors (Lipinski definition) is 3. The molecule has 1 fully saturated rings. The minimum absolute atomic E-state index is 0.140. The maximum atomic E-state index is 11.8. The maximum absolute atomic E-state index is 11.8. The van der Waals surface area contributed by atoms with E-state index >= 15 is 0 Å². The molecule has 4 nitrogen and oxygen atoms in total. The van der Waals surface area contributed by atoms with Gasteiger partial charge >= 0.3 is 0 Å². The number of nitrogens with zero attached hydrogens (tertiary/aromatic N) is 1. The minimum Gasteiger partial charge on any atom is -0.399 e. The Morgan fingerprint density at radius 1 is 1.38 bits per heavy atom. The van der Waals surface area contributed by atoms with E-state index in [0.717, 1.165) is 5.56 Å². The van der Waals surface area contributed by atoms with Crippen LogP contribution in [0.2, 0.25) is 0 Å². The molecule has 84 valence electrons. The van der Waals surface area contributed by atoms with Crippen LogP contribution in [0.3, 0.4) is 0 Å². The zero-order valence-electron chi connectivity index (χ0n) is 9.36. The number of rotatable bonds is 1. The van der Waals surface area contributed by atoms with Crippen molar-refractivity contribution in [3.05, 3.63) is 23.8 Å². The molecular weight excluding hydrogens is 204 g/mol. The van der Waals surface area contributed by atoms with Crippen molar-refractivity contribution in [1.82, 2.24) is 0 Å². The fourth-order valence-electron chi connectivity index (χ4n) is 1.90. The van der Waals surface area contributed by atoms with Gasteiger partial charge in [-0.25, -0.2) is 4.90 Å². The summed E-state index contributed by atoms with van der Waals surface area (Å²) >= 11 is 0. The van der Waals surface area contributed by atoms with Crippen LogP contribution in [0, 0.1) is 12.8 Å². The number of amides is 2. The van der Waals surface area contributed by atoms with Crippen molar-refractivity contribution in [1.29, 1.82) is 0 Å². The number of carbonyl (C=O) groups excluding carboxylic acids is 2. The Morgan fingerprint density at radius 3 is 2.62 bits per heavy atom. The molecular formula is C12H14N2O2. The normalized spacial score (nSPS) is 20.6. The predicted octanol–water partition coefficient (Wildman–Crippen LogP) is 1.48. The molecule has 1 aliphatic heterocycles. The summed E-state index contributed by atoms with van der Waals surface area (Å²) in [5.74, 6) is -0.516. The Balaban J connectivity index is 2.48. The molecule has 16 heavy (non-hydrogen) atoms. The van der Waals surface area contributed by atoms with Crippen LogP contribution >= 0.6 is 0 Å². The largest absolute Gasteiger partial charge is 0.399 e. The lowest BCUT2D eigenvalue weighted by Gasteiger charge is -2.17. The molecule has 2 N–H and O–H groups in total. The van der Waals surface area contributed by atoms with Crippen molar-refractivity contribution < 1.29 is 9.59 Å². The summed E-state index contributed by atoms with van der Waals surface area (Å²) in [6, 6.07) is 5.24. The molecule has 0 aromatic heterocycles. The van der Waals surface area contributed by atoms with Gasteiger partial charge < -0.3 is 5.73 Å². The SMILES string of the molecule is Cc1ccc(N)cc1N1C(=O)CC(C)C1=O. The molecule has 1 aromatic rings. The lowest BCUT2D eigenvalue weighted by Crippen LogP contribution is -2.30. The van der Waals surface area contributed by atoms with Gasteiger partial charge in [-0.15, -0.1) is 0 Å². The molecule has 0 radical (unpaired) electrons. The molecule has 1 aliphatic rings. The molecule has 2 amide bonds. The Hall–Kier alpha value is -1.84. The Kier molecular flexibility index (Phi) is 2.42. The lowest BCUT2D eigenvalue weighted by molar-refractivity contribution is -0.122. The number of aryl methyl sites for hydroxylation is 1. The van der Waals surface area contributed by atoms with E-state index in [-0.39, 0.29) is 24.2 Å². The molecule has 4 heteroatoms. The summed E-state index contributed by atoms with van der Waals surface area (Å²) in [6.45, 7) is 3.63. The van der Waals surface area contributed by atoms with Gasteiger partial charge in [-0.3, -0.25) is 9.59 Å². The number of benzene rings is 1. The van der Waals surface area contributed by atoms with Crippen LogP contribution in [-0.2, 0) is 9.59 Å². The quantitative estimate of drug-likeness (QED) is 0.573. The molecule has 2 rings (SSSR count). The van der Waals surface area contributed by atoms with Crippen molar-refractivity contribution in [2.45, 2.75) is 20.3 Å². The summed E-state index contributed by atoms with van der Waals surface area (Å²) in [6.07, 6.45) is 0.285. The van der Waals surface area contributed by atoms with Crippen LogP contribution in [0.5, 0.6) is 0 Å². The summed E-state index contributed by atoms with van der Waals surface area (Å²) in [7, 11) is 0. The van der Waals surface area contributed by atoms with Gasteiger partial charge in [-0.05, 0) is 24.6 Å². The number of nitrogen functional groups attached to an aromatic ring is 1. The second-order valence-corrected chi connectivity index (χ2v) is 4.22. The van der Waals surface area contributed by atoms with Gasteiger partial charge in [0.25, 0.3) is 0 Å². The van der Waals surface area contributed by atoms with Crippen molar-refractivity contribution in [3.63, 3.8) is 0 Å². The smallest absolute Gasteiger partial charge is 0.237 e. The third-order valence-electron chi connectivity index (χ3n) is 2.85. The first-order chi connectivity index (χ1) is 7.50. The van der Waals surface area contributed by atoms with Crippen molar-refractivity contribution >= 4 is 23.2 Å². The van der Waals surface area contributed by atoms with E-state index in [9.17, 15) is 9.59 Å². The number of hydrogen-bond donors (Lipinski definition) is 1. The van der Waals surface area contributed by atoms with Crippen LogP contribution in [0.25, 0.3) is 0 Å². The first kappa shape index (κ1) is 10.7. The summed E-state index contributed by atoms with van der Waals surface area (Å²) in [4.78, 5) is 24.8. The maximum Gasteiger partial charge on any atom is 0.237 e. The summed E-state index contributed by atoms with van der Waals surface area (Å²) < 4.78 is 0. The minimum atomic E-state index is -0.228. The molecule has 0 saturated carbocycles.